The van der Waals surface area contributed by atoms with E-state index in [2.05, 4.69) is 25.9 Å². The monoisotopic (exact) mass is 368 g/mol. The molecule has 27 heavy (non-hydrogen) atoms. The number of carbonyl (C=O) groups excluding carboxylic acids is 1. The molecule has 3 aromatic rings. The predicted molar refractivity (Wildman–Crippen MR) is 91.5 cm³/mol. The summed E-state index contributed by atoms with van der Waals surface area (Å²) in [6, 6.07) is 11.0. The van der Waals surface area contributed by atoms with Crippen LogP contribution in [0.25, 0.3) is 11.4 Å². The maximum Gasteiger partial charge on any atom is 0.263 e. The van der Waals surface area contributed by atoms with Crippen LogP contribution in [-0.2, 0) is 11.3 Å². The number of rotatable bonds is 5. The van der Waals surface area contributed by atoms with Gasteiger partial charge in [0.1, 0.15) is 12.4 Å². The number of tetrazole rings is 1. The zero-order chi connectivity index (χ0) is 18.6. The summed E-state index contributed by atoms with van der Waals surface area (Å²) in [5.41, 5.74) is 3.73. The number of hydrazone groups is 1. The number of nitrogens with one attached hydrogen (secondary N) is 1. The minimum absolute atomic E-state index is 0.160. The van der Waals surface area contributed by atoms with E-state index in [4.69, 9.17) is 9.47 Å². The molecule has 0 saturated carbocycles. The normalized spacial score (nSPS) is 12.5. The highest BCUT2D eigenvalue weighted by molar-refractivity contribution is 5.83. The van der Waals surface area contributed by atoms with Crippen molar-refractivity contribution in [1.82, 2.24) is 25.6 Å². The molecule has 9 nitrogen and oxygen atoms in total. The molecule has 1 amide bonds. The third kappa shape index (κ3) is 3.89. The van der Waals surface area contributed by atoms with Crippen molar-refractivity contribution in [2.45, 2.75) is 6.54 Å². The second-order valence-electron chi connectivity index (χ2n) is 5.56. The van der Waals surface area contributed by atoms with E-state index in [1.54, 1.807) is 18.2 Å². The number of benzene rings is 2. The zero-order valence-corrected chi connectivity index (χ0v) is 13.9. The fourth-order valence-electron chi connectivity index (χ4n) is 2.36. The molecule has 0 unspecified atom stereocenters. The summed E-state index contributed by atoms with van der Waals surface area (Å²) in [7, 11) is 0. The Balaban J connectivity index is 1.34. The van der Waals surface area contributed by atoms with Crippen LogP contribution in [-0.4, -0.2) is 39.1 Å². The largest absolute Gasteiger partial charge is 0.454 e. The van der Waals surface area contributed by atoms with Gasteiger partial charge in [-0.15, -0.1) is 10.2 Å². The van der Waals surface area contributed by atoms with Gasteiger partial charge in [-0.2, -0.15) is 9.90 Å². The number of amides is 1. The fraction of sp³-hybridized carbons (Fsp3) is 0.118. The Bertz CT molecular complexity index is 1000. The third-order valence-electron chi connectivity index (χ3n) is 3.64. The number of carbonyl (C=O) groups is 1. The van der Waals surface area contributed by atoms with Gasteiger partial charge in [0, 0.05) is 5.56 Å². The van der Waals surface area contributed by atoms with Crippen molar-refractivity contribution >= 4 is 12.1 Å². The maximum absolute atomic E-state index is 12.9. The molecule has 0 radical (unpaired) electrons. The van der Waals surface area contributed by atoms with Gasteiger partial charge < -0.3 is 9.47 Å². The molecule has 136 valence electrons. The Morgan fingerprint density at radius 2 is 2.04 bits per heavy atom. The number of hydrogen-bond donors (Lipinski definition) is 1. The van der Waals surface area contributed by atoms with Crippen molar-refractivity contribution in [3.05, 3.63) is 53.8 Å². The summed E-state index contributed by atoms with van der Waals surface area (Å²) in [6.07, 6.45) is 1.48. The smallest absolute Gasteiger partial charge is 0.263 e. The maximum atomic E-state index is 12.9. The Morgan fingerprint density at radius 3 is 2.89 bits per heavy atom. The van der Waals surface area contributed by atoms with E-state index in [0.717, 1.165) is 10.4 Å². The third-order valence-corrected chi connectivity index (χ3v) is 3.64. The van der Waals surface area contributed by atoms with Crippen LogP contribution in [0.5, 0.6) is 11.5 Å². The van der Waals surface area contributed by atoms with Crippen LogP contribution in [0.4, 0.5) is 4.39 Å². The Hall–Kier alpha value is -3.82. The molecule has 0 bridgehead atoms. The zero-order valence-electron chi connectivity index (χ0n) is 13.9. The van der Waals surface area contributed by atoms with Crippen LogP contribution in [0.15, 0.2) is 47.6 Å². The van der Waals surface area contributed by atoms with Gasteiger partial charge in [-0.05, 0) is 53.2 Å². The van der Waals surface area contributed by atoms with E-state index in [0.29, 0.717) is 22.9 Å². The van der Waals surface area contributed by atoms with Crippen molar-refractivity contribution in [3.63, 3.8) is 0 Å². The average molecular weight is 368 g/mol. The first kappa shape index (κ1) is 16.6. The number of aromatic nitrogens is 4. The lowest BCUT2D eigenvalue weighted by Gasteiger charge is -1.99. The number of halogens is 1. The molecule has 1 aliphatic rings. The Morgan fingerprint density at radius 1 is 1.22 bits per heavy atom. The van der Waals surface area contributed by atoms with Gasteiger partial charge in [0.25, 0.3) is 5.91 Å². The lowest BCUT2D eigenvalue weighted by Crippen LogP contribution is -2.24. The van der Waals surface area contributed by atoms with Crippen LogP contribution in [0.1, 0.15) is 5.56 Å². The van der Waals surface area contributed by atoms with Crippen molar-refractivity contribution in [2.75, 3.05) is 6.79 Å². The second-order valence-corrected chi connectivity index (χ2v) is 5.56. The van der Waals surface area contributed by atoms with Gasteiger partial charge in [0.15, 0.2) is 11.5 Å². The SMILES string of the molecule is O=C(Cn1nnc(-c2ccc(F)cc2)n1)N/N=C\c1ccc2c(c1)OCO2. The van der Waals surface area contributed by atoms with E-state index in [-0.39, 0.29) is 19.2 Å². The molecule has 2 heterocycles. The Kier molecular flexibility index (Phi) is 4.44. The predicted octanol–water partition coefficient (Wildman–Crippen LogP) is 1.36. The van der Waals surface area contributed by atoms with Crippen LogP contribution in [0.2, 0.25) is 0 Å². The molecule has 0 aliphatic carbocycles. The van der Waals surface area contributed by atoms with Crippen LogP contribution in [0, 0.1) is 5.82 Å². The van der Waals surface area contributed by atoms with E-state index in [1.165, 1.54) is 30.5 Å². The number of fused-ring (bicyclic) bond motifs is 1. The van der Waals surface area contributed by atoms with E-state index in [9.17, 15) is 9.18 Å². The van der Waals surface area contributed by atoms with E-state index < -0.39 is 5.91 Å². The summed E-state index contributed by atoms with van der Waals surface area (Å²) in [4.78, 5) is 13.1. The molecule has 0 spiro atoms. The summed E-state index contributed by atoms with van der Waals surface area (Å²) in [6.45, 7) is 0.0319. The highest BCUT2D eigenvalue weighted by Gasteiger charge is 2.12. The average Bonchev–Trinajstić information content (AvgIpc) is 3.31. The first-order chi connectivity index (χ1) is 13.2. The van der Waals surface area contributed by atoms with Crippen molar-refractivity contribution in [1.29, 1.82) is 0 Å². The summed E-state index contributed by atoms with van der Waals surface area (Å²) in [5, 5.41) is 15.6. The fourth-order valence-corrected chi connectivity index (χ4v) is 2.36. The minimum atomic E-state index is -0.421. The molecule has 1 N–H and O–H groups in total. The molecule has 10 heteroatoms. The van der Waals surface area contributed by atoms with Crippen molar-refractivity contribution in [2.24, 2.45) is 5.10 Å². The van der Waals surface area contributed by atoms with Gasteiger partial charge in [0.05, 0.1) is 6.21 Å². The second kappa shape index (κ2) is 7.20. The van der Waals surface area contributed by atoms with Gasteiger partial charge in [-0.25, -0.2) is 9.82 Å². The van der Waals surface area contributed by atoms with E-state index in [1.807, 2.05) is 0 Å². The topological polar surface area (TPSA) is 104 Å². The quantitative estimate of drug-likeness (QED) is 0.539. The molecule has 0 fully saturated rings. The molecule has 1 aromatic heterocycles. The first-order valence-electron chi connectivity index (χ1n) is 7.93. The molecule has 2 aromatic carbocycles. The standard InChI is InChI=1S/C17H13FN6O3/c18-13-4-2-12(3-5-13)17-21-23-24(22-17)9-16(25)20-19-8-11-1-6-14-15(7-11)27-10-26-14/h1-8H,9-10H2,(H,20,25)/b19-8-. The molecule has 1 aliphatic heterocycles. The minimum Gasteiger partial charge on any atom is -0.454 e. The van der Waals surface area contributed by atoms with Gasteiger partial charge in [-0.3, -0.25) is 4.79 Å². The van der Waals surface area contributed by atoms with Crippen molar-refractivity contribution in [3.8, 4) is 22.9 Å². The first-order valence-corrected chi connectivity index (χ1v) is 7.93. The molecule has 0 saturated heterocycles. The van der Waals surface area contributed by atoms with Gasteiger partial charge in [-0.1, -0.05) is 0 Å². The molecular weight excluding hydrogens is 355 g/mol. The molecule has 0 atom stereocenters. The Labute approximate surface area is 152 Å². The summed E-state index contributed by atoms with van der Waals surface area (Å²) in [5.74, 6) is 0.823. The summed E-state index contributed by atoms with van der Waals surface area (Å²) < 4.78 is 23.4. The number of hydrogen-bond acceptors (Lipinski definition) is 7. The van der Waals surface area contributed by atoms with Crippen molar-refractivity contribution < 1.29 is 18.7 Å². The highest BCUT2D eigenvalue weighted by atomic mass is 19.1. The summed E-state index contributed by atoms with van der Waals surface area (Å²) >= 11 is 0. The van der Waals surface area contributed by atoms with Gasteiger partial charge in [0.2, 0.25) is 12.6 Å². The number of ether oxygens (including phenoxy) is 2. The van der Waals surface area contributed by atoms with E-state index >= 15 is 0 Å². The highest BCUT2D eigenvalue weighted by Crippen LogP contribution is 2.31. The molecular formula is C17H13FN6O3. The molecule has 4 rings (SSSR count). The lowest BCUT2D eigenvalue weighted by atomic mass is 10.2. The van der Waals surface area contributed by atoms with Crippen LogP contribution < -0.4 is 14.9 Å². The van der Waals surface area contributed by atoms with Crippen LogP contribution >= 0.6 is 0 Å². The van der Waals surface area contributed by atoms with Crippen LogP contribution in [0.3, 0.4) is 0 Å². The van der Waals surface area contributed by atoms with Gasteiger partial charge >= 0.3 is 0 Å². The number of nitrogens with zero attached hydrogens (tertiary/aromatic N) is 5. The lowest BCUT2D eigenvalue weighted by molar-refractivity contribution is -0.122.